The van der Waals surface area contributed by atoms with Crippen molar-refractivity contribution in [2.45, 2.75) is 45.8 Å². The standard InChI is InChI=1S/C30H29NO6/c1-3-10-23-18-27(32)37-28-20(2)26(16-15-24(23)28)36-29(33)25(17-21-11-6-4-7-12-21)31-30(34)35-19-22-13-8-5-9-14-22/h4-9,11-16,18,25H,3,10,17,19H2,1-2H3,(H,31,34)/t25-/m0/s1. The van der Waals surface area contributed by atoms with Crippen molar-refractivity contribution in [1.82, 2.24) is 5.32 Å². The van der Waals surface area contributed by atoms with Gasteiger partial charge in [0, 0.05) is 23.4 Å². The minimum atomic E-state index is -1.00. The average molecular weight is 500 g/mol. The van der Waals surface area contributed by atoms with E-state index in [2.05, 4.69) is 5.32 Å². The molecule has 1 N–H and O–H groups in total. The number of benzene rings is 3. The summed E-state index contributed by atoms with van der Waals surface area (Å²) >= 11 is 0. The Hall–Kier alpha value is -4.39. The van der Waals surface area contributed by atoms with Crippen LogP contribution in [0.3, 0.4) is 0 Å². The number of fused-ring (bicyclic) bond motifs is 1. The van der Waals surface area contributed by atoms with E-state index in [4.69, 9.17) is 13.9 Å². The Bertz CT molecular complexity index is 1430. The van der Waals surface area contributed by atoms with Gasteiger partial charge in [0.2, 0.25) is 0 Å². The van der Waals surface area contributed by atoms with Crippen LogP contribution in [-0.2, 0) is 29.0 Å². The second kappa shape index (κ2) is 12.0. The molecule has 3 aromatic carbocycles. The lowest BCUT2D eigenvalue weighted by Gasteiger charge is -2.19. The lowest BCUT2D eigenvalue weighted by molar-refractivity contribution is -0.136. The summed E-state index contributed by atoms with van der Waals surface area (Å²) in [5.41, 5.74) is 3.03. The van der Waals surface area contributed by atoms with Crippen molar-refractivity contribution in [3.63, 3.8) is 0 Å². The molecule has 7 heteroatoms. The number of carbonyl (C=O) groups excluding carboxylic acids is 2. The van der Waals surface area contributed by atoms with Crippen molar-refractivity contribution in [3.8, 4) is 5.75 Å². The highest BCUT2D eigenvalue weighted by Gasteiger charge is 2.25. The number of esters is 1. The van der Waals surface area contributed by atoms with Gasteiger partial charge in [0.15, 0.2) is 0 Å². The van der Waals surface area contributed by atoms with Gasteiger partial charge < -0.3 is 19.2 Å². The van der Waals surface area contributed by atoms with E-state index in [0.29, 0.717) is 11.1 Å². The van der Waals surface area contributed by atoms with E-state index >= 15 is 0 Å². The van der Waals surface area contributed by atoms with Gasteiger partial charge in [0.05, 0.1) is 0 Å². The highest BCUT2D eigenvalue weighted by molar-refractivity contribution is 5.88. The Kier molecular flexibility index (Phi) is 8.36. The summed E-state index contributed by atoms with van der Waals surface area (Å²) in [5, 5.41) is 3.45. The molecule has 0 saturated carbocycles. The predicted molar refractivity (Wildman–Crippen MR) is 141 cm³/mol. The Morgan fingerprint density at radius 2 is 1.62 bits per heavy atom. The zero-order chi connectivity index (χ0) is 26.2. The van der Waals surface area contributed by atoms with Crippen LogP contribution in [0.5, 0.6) is 5.75 Å². The first-order chi connectivity index (χ1) is 17.9. The summed E-state index contributed by atoms with van der Waals surface area (Å²) in [6.07, 6.45) is 1.09. The first-order valence-corrected chi connectivity index (χ1v) is 12.2. The van der Waals surface area contributed by atoms with Gasteiger partial charge in [0.1, 0.15) is 24.0 Å². The van der Waals surface area contributed by atoms with Gasteiger partial charge in [-0.1, -0.05) is 74.0 Å². The third-order valence-corrected chi connectivity index (χ3v) is 6.00. The molecule has 0 spiro atoms. The van der Waals surface area contributed by atoms with Crippen molar-refractivity contribution in [1.29, 1.82) is 0 Å². The van der Waals surface area contributed by atoms with Gasteiger partial charge in [0.25, 0.3) is 0 Å². The van der Waals surface area contributed by atoms with Crippen LogP contribution in [0, 0.1) is 6.92 Å². The van der Waals surface area contributed by atoms with E-state index in [1.54, 1.807) is 19.1 Å². The van der Waals surface area contributed by atoms with E-state index in [0.717, 1.165) is 34.9 Å². The van der Waals surface area contributed by atoms with E-state index < -0.39 is 23.7 Å². The molecule has 4 rings (SSSR count). The third-order valence-electron chi connectivity index (χ3n) is 6.00. The number of aryl methyl sites for hydroxylation is 2. The lowest BCUT2D eigenvalue weighted by Crippen LogP contribution is -2.44. The maximum Gasteiger partial charge on any atom is 0.408 e. The van der Waals surface area contributed by atoms with Gasteiger partial charge in [-0.05, 0) is 42.2 Å². The van der Waals surface area contributed by atoms with Crippen LogP contribution < -0.4 is 15.7 Å². The minimum Gasteiger partial charge on any atom is -0.445 e. The van der Waals surface area contributed by atoms with Crippen molar-refractivity contribution >= 4 is 23.0 Å². The van der Waals surface area contributed by atoms with E-state index in [1.165, 1.54) is 6.07 Å². The molecule has 0 bridgehead atoms. The molecule has 1 amide bonds. The van der Waals surface area contributed by atoms with E-state index in [9.17, 15) is 14.4 Å². The maximum atomic E-state index is 13.3. The molecule has 1 atom stereocenters. The molecule has 0 radical (unpaired) electrons. The van der Waals surface area contributed by atoms with Crippen molar-refractivity contribution in [2.75, 3.05) is 0 Å². The van der Waals surface area contributed by atoms with Crippen LogP contribution in [0.1, 0.15) is 35.6 Å². The predicted octanol–water partition coefficient (Wildman–Crippen LogP) is 5.50. The monoisotopic (exact) mass is 499 g/mol. The second-order valence-electron chi connectivity index (χ2n) is 8.78. The van der Waals surface area contributed by atoms with Crippen LogP contribution >= 0.6 is 0 Å². The molecule has 1 heterocycles. The SMILES string of the molecule is CCCc1cc(=O)oc2c(C)c(OC(=O)[C@H](Cc3ccccc3)NC(=O)OCc3ccccc3)ccc12. The Labute approximate surface area is 215 Å². The number of hydrogen-bond donors (Lipinski definition) is 1. The Balaban J connectivity index is 1.54. The fraction of sp³-hybridized carbons (Fsp3) is 0.233. The normalized spacial score (nSPS) is 11.6. The van der Waals surface area contributed by atoms with Gasteiger partial charge in [-0.25, -0.2) is 14.4 Å². The molecular formula is C30H29NO6. The highest BCUT2D eigenvalue weighted by Crippen LogP contribution is 2.29. The molecule has 0 fully saturated rings. The minimum absolute atomic E-state index is 0.0721. The second-order valence-corrected chi connectivity index (χ2v) is 8.78. The fourth-order valence-corrected chi connectivity index (χ4v) is 4.12. The molecule has 7 nitrogen and oxygen atoms in total. The summed E-state index contributed by atoms with van der Waals surface area (Å²) in [6, 6.07) is 22.5. The van der Waals surface area contributed by atoms with Crippen molar-refractivity contribution in [3.05, 3.63) is 112 Å². The number of alkyl carbamates (subject to hydrolysis) is 1. The molecule has 0 aliphatic carbocycles. The van der Waals surface area contributed by atoms with Crippen molar-refractivity contribution < 1.29 is 23.5 Å². The number of amides is 1. The largest absolute Gasteiger partial charge is 0.445 e. The molecule has 37 heavy (non-hydrogen) atoms. The number of nitrogens with one attached hydrogen (secondary N) is 1. The smallest absolute Gasteiger partial charge is 0.408 e. The molecule has 4 aromatic rings. The zero-order valence-corrected chi connectivity index (χ0v) is 20.9. The zero-order valence-electron chi connectivity index (χ0n) is 20.9. The molecule has 190 valence electrons. The first kappa shape index (κ1) is 25.7. The Morgan fingerprint density at radius 1 is 0.946 bits per heavy atom. The molecular weight excluding hydrogens is 470 g/mol. The van der Waals surface area contributed by atoms with Crippen LogP contribution in [0.15, 0.2) is 88.1 Å². The molecule has 1 aromatic heterocycles. The molecule has 0 unspecified atom stereocenters. The van der Waals surface area contributed by atoms with Crippen LogP contribution in [0.2, 0.25) is 0 Å². The maximum absolute atomic E-state index is 13.3. The molecule has 0 aliphatic heterocycles. The van der Waals surface area contributed by atoms with Crippen molar-refractivity contribution in [2.24, 2.45) is 0 Å². The van der Waals surface area contributed by atoms with Crippen LogP contribution in [0.25, 0.3) is 11.0 Å². The molecule has 0 saturated heterocycles. The van der Waals surface area contributed by atoms with E-state index in [1.807, 2.05) is 67.6 Å². The molecule has 0 aliphatic rings. The summed E-state index contributed by atoms with van der Waals surface area (Å²) in [4.78, 5) is 38.0. The number of carbonyl (C=O) groups is 2. The van der Waals surface area contributed by atoms with Crippen LogP contribution in [-0.4, -0.2) is 18.1 Å². The summed E-state index contributed by atoms with van der Waals surface area (Å²) in [5.74, 6) is -0.401. The van der Waals surface area contributed by atoms with E-state index in [-0.39, 0.29) is 18.8 Å². The average Bonchev–Trinajstić information content (AvgIpc) is 2.90. The van der Waals surface area contributed by atoms with Crippen LogP contribution in [0.4, 0.5) is 4.79 Å². The topological polar surface area (TPSA) is 94.8 Å². The summed E-state index contributed by atoms with van der Waals surface area (Å²) in [6.45, 7) is 3.84. The highest BCUT2D eigenvalue weighted by atomic mass is 16.6. The summed E-state index contributed by atoms with van der Waals surface area (Å²) < 4.78 is 16.5. The lowest BCUT2D eigenvalue weighted by atomic mass is 10.0. The summed E-state index contributed by atoms with van der Waals surface area (Å²) in [7, 11) is 0. The van der Waals surface area contributed by atoms with Gasteiger partial charge in [-0.2, -0.15) is 0 Å². The number of rotatable bonds is 9. The van der Waals surface area contributed by atoms with Gasteiger partial charge in [-0.3, -0.25) is 0 Å². The van der Waals surface area contributed by atoms with Gasteiger partial charge >= 0.3 is 17.7 Å². The first-order valence-electron chi connectivity index (χ1n) is 12.2. The quantitative estimate of drug-likeness (QED) is 0.186. The Morgan fingerprint density at radius 3 is 2.30 bits per heavy atom. The number of ether oxygens (including phenoxy) is 2. The van der Waals surface area contributed by atoms with Gasteiger partial charge in [-0.15, -0.1) is 0 Å². The fourth-order valence-electron chi connectivity index (χ4n) is 4.12. The third kappa shape index (κ3) is 6.64. The number of hydrogen-bond acceptors (Lipinski definition) is 6.